The zero-order valence-electron chi connectivity index (χ0n) is 7.36. The van der Waals surface area contributed by atoms with Gasteiger partial charge in [0.2, 0.25) is 0 Å². The minimum atomic E-state index is -1.44. The van der Waals surface area contributed by atoms with Crippen LogP contribution in [0, 0.1) is 0 Å². The van der Waals surface area contributed by atoms with E-state index in [2.05, 4.69) is 0 Å². The van der Waals surface area contributed by atoms with Crippen LogP contribution in [-0.4, -0.2) is 16.9 Å². The Morgan fingerprint density at radius 1 is 1.27 bits per heavy atom. The number of aliphatic carboxylic acids is 1. The fraction of sp³-hybridized carbons (Fsp3) is 0. The van der Waals surface area contributed by atoms with Gasteiger partial charge in [0.05, 0.1) is 4.88 Å². The van der Waals surface area contributed by atoms with E-state index in [1.54, 1.807) is 24.3 Å². The van der Waals surface area contributed by atoms with Gasteiger partial charge in [-0.15, -0.1) is 11.3 Å². The second-order valence-corrected chi connectivity index (χ2v) is 4.45. The maximum atomic E-state index is 11.2. The Bertz CT molecular complexity index is 559. The molecule has 0 unspecified atom stereocenters. The highest BCUT2D eigenvalue weighted by Crippen LogP contribution is 2.28. The number of hydrogen-bond acceptors (Lipinski definition) is 3. The number of hydrogen-bond donors (Lipinski definition) is 1. The highest BCUT2D eigenvalue weighted by atomic mass is 35.5. The molecule has 0 amide bonds. The summed E-state index contributed by atoms with van der Waals surface area (Å²) in [5, 5.41) is 9.94. The summed E-state index contributed by atoms with van der Waals surface area (Å²) in [6, 6.07) is 6.73. The van der Waals surface area contributed by atoms with Crippen LogP contribution < -0.4 is 0 Å². The Morgan fingerprint density at radius 3 is 2.67 bits per heavy atom. The van der Waals surface area contributed by atoms with Crippen LogP contribution in [0.3, 0.4) is 0 Å². The van der Waals surface area contributed by atoms with E-state index in [-0.39, 0.29) is 4.88 Å². The van der Waals surface area contributed by atoms with Crippen molar-refractivity contribution in [2.24, 2.45) is 0 Å². The lowest BCUT2D eigenvalue weighted by atomic mass is 10.2. The second kappa shape index (κ2) is 3.64. The Balaban J connectivity index is 2.56. The van der Waals surface area contributed by atoms with E-state index in [0.717, 1.165) is 21.4 Å². The van der Waals surface area contributed by atoms with Crippen molar-refractivity contribution in [1.82, 2.24) is 0 Å². The SMILES string of the molecule is O=C(O)C(=O)c1cc2ccc(Cl)cc2s1. The van der Waals surface area contributed by atoms with Gasteiger partial charge < -0.3 is 5.11 Å². The van der Waals surface area contributed by atoms with Crippen LogP contribution in [-0.2, 0) is 4.79 Å². The van der Waals surface area contributed by atoms with Crippen LogP contribution in [0.5, 0.6) is 0 Å². The molecule has 1 aromatic heterocycles. The summed E-state index contributed by atoms with van der Waals surface area (Å²) in [5.41, 5.74) is 0. The molecule has 0 bridgehead atoms. The molecule has 3 nitrogen and oxygen atoms in total. The van der Waals surface area contributed by atoms with Crippen LogP contribution in [0.1, 0.15) is 9.67 Å². The third-order valence-electron chi connectivity index (χ3n) is 1.90. The number of carbonyl (C=O) groups is 2. The number of carbonyl (C=O) groups excluding carboxylic acids is 1. The number of fused-ring (bicyclic) bond motifs is 1. The third kappa shape index (κ3) is 1.86. The van der Waals surface area contributed by atoms with Crippen molar-refractivity contribution in [3.63, 3.8) is 0 Å². The van der Waals surface area contributed by atoms with Crippen molar-refractivity contribution in [3.8, 4) is 0 Å². The van der Waals surface area contributed by atoms with Crippen molar-refractivity contribution < 1.29 is 14.7 Å². The molecule has 0 saturated carbocycles. The van der Waals surface area contributed by atoms with Gasteiger partial charge >= 0.3 is 5.97 Å². The molecule has 1 aromatic carbocycles. The number of Topliss-reactive ketones (excluding diaryl/α,β-unsaturated/α-hetero) is 1. The molecular weight excluding hydrogens is 236 g/mol. The van der Waals surface area contributed by atoms with E-state index in [1.165, 1.54) is 0 Å². The van der Waals surface area contributed by atoms with Gasteiger partial charge in [0.1, 0.15) is 0 Å². The van der Waals surface area contributed by atoms with Gasteiger partial charge in [0.15, 0.2) is 0 Å². The number of ketones is 1. The predicted molar refractivity (Wildman–Crippen MR) is 58.8 cm³/mol. The first kappa shape index (κ1) is 10.1. The first-order valence-electron chi connectivity index (χ1n) is 4.04. The molecule has 0 saturated heterocycles. The van der Waals surface area contributed by atoms with E-state index in [0.29, 0.717) is 5.02 Å². The van der Waals surface area contributed by atoms with E-state index < -0.39 is 11.8 Å². The van der Waals surface area contributed by atoms with Crippen LogP contribution in [0.15, 0.2) is 24.3 Å². The fourth-order valence-corrected chi connectivity index (χ4v) is 2.49. The number of halogens is 1. The topological polar surface area (TPSA) is 54.4 Å². The predicted octanol–water partition coefficient (Wildman–Crippen LogP) is 2.82. The lowest BCUT2D eigenvalue weighted by Crippen LogP contribution is -2.10. The molecule has 0 aliphatic heterocycles. The normalized spacial score (nSPS) is 10.5. The van der Waals surface area contributed by atoms with Crippen molar-refractivity contribution >= 4 is 44.8 Å². The standard InChI is InChI=1S/C10H5ClO3S/c11-6-2-1-5-3-8(9(12)10(13)14)15-7(5)4-6/h1-4H,(H,13,14). The van der Waals surface area contributed by atoms with Crippen molar-refractivity contribution in [1.29, 1.82) is 0 Å². The summed E-state index contributed by atoms with van der Waals surface area (Å²) in [6.07, 6.45) is 0. The van der Waals surface area contributed by atoms with E-state index >= 15 is 0 Å². The molecule has 76 valence electrons. The summed E-state index contributed by atoms with van der Waals surface area (Å²) >= 11 is 6.91. The van der Waals surface area contributed by atoms with Gasteiger partial charge in [0.25, 0.3) is 5.78 Å². The van der Waals surface area contributed by atoms with Gasteiger partial charge in [-0.3, -0.25) is 4.79 Å². The zero-order chi connectivity index (χ0) is 11.0. The molecule has 0 aliphatic carbocycles. The molecule has 0 radical (unpaired) electrons. The highest BCUT2D eigenvalue weighted by molar-refractivity contribution is 7.21. The van der Waals surface area contributed by atoms with Crippen molar-refractivity contribution in [2.75, 3.05) is 0 Å². The number of carboxylic acids is 1. The molecule has 0 spiro atoms. The summed E-state index contributed by atoms with van der Waals surface area (Å²) in [7, 11) is 0. The maximum Gasteiger partial charge on any atom is 0.378 e. The molecule has 0 fully saturated rings. The van der Waals surface area contributed by atoms with Crippen LogP contribution in [0.4, 0.5) is 0 Å². The maximum absolute atomic E-state index is 11.2. The first-order chi connectivity index (χ1) is 7.08. The van der Waals surface area contributed by atoms with Gasteiger partial charge in [-0.25, -0.2) is 4.79 Å². The smallest absolute Gasteiger partial charge is 0.378 e. The zero-order valence-corrected chi connectivity index (χ0v) is 8.93. The van der Waals surface area contributed by atoms with Crippen molar-refractivity contribution in [2.45, 2.75) is 0 Å². The number of thiophene rings is 1. The molecule has 2 aromatic rings. The van der Waals surface area contributed by atoms with E-state index in [1.807, 2.05) is 0 Å². The molecule has 5 heteroatoms. The molecule has 0 atom stereocenters. The molecule has 1 N–H and O–H groups in total. The molecule has 1 heterocycles. The van der Waals surface area contributed by atoms with Gasteiger partial charge in [0, 0.05) is 9.72 Å². The molecule has 2 rings (SSSR count). The minimum Gasteiger partial charge on any atom is -0.475 e. The largest absolute Gasteiger partial charge is 0.475 e. The summed E-state index contributed by atoms with van der Waals surface area (Å²) < 4.78 is 0.812. The minimum absolute atomic E-state index is 0.222. The number of rotatable bonds is 2. The highest BCUT2D eigenvalue weighted by Gasteiger charge is 2.17. The van der Waals surface area contributed by atoms with Gasteiger partial charge in [-0.1, -0.05) is 17.7 Å². The van der Waals surface area contributed by atoms with Crippen LogP contribution >= 0.6 is 22.9 Å². The third-order valence-corrected chi connectivity index (χ3v) is 3.23. The lowest BCUT2D eigenvalue weighted by Gasteiger charge is -1.88. The average molecular weight is 241 g/mol. The Kier molecular flexibility index (Phi) is 2.46. The Morgan fingerprint density at radius 2 is 2.00 bits per heavy atom. The van der Waals surface area contributed by atoms with Gasteiger partial charge in [-0.05, 0) is 23.6 Å². The van der Waals surface area contributed by atoms with Gasteiger partial charge in [-0.2, -0.15) is 0 Å². The number of carboxylic acid groups (broad SMARTS) is 1. The average Bonchev–Trinajstić information content (AvgIpc) is 2.58. The molecule has 0 aliphatic rings. The van der Waals surface area contributed by atoms with E-state index in [9.17, 15) is 9.59 Å². The summed E-state index contributed by atoms with van der Waals surface area (Å²) in [6.45, 7) is 0. The quantitative estimate of drug-likeness (QED) is 0.649. The Labute approximate surface area is 93.9 Å². The Hall–Kier alpha value is -1.39. The lowest BCUT2D eigenvalue weighted by molar-refractivity contribution is -0.131. The van der Waals surface area contributed by atoms with E-state index in [4.69, 9.17) is 16.7 Å². The fourth-order valence-electron chi connectivity index (χ4n) is 1.22. The number of benzene rings is 1. The summed E-state index contributed by atoms with van der Waals surface area (Å²) in [5.74, 6) is -2.32. The van der Waals surface area contributed by atoms with Crippen molar-refractivity contribution in [3.05, 3.63) is 34.2 Å². The van der Waals surface area contributed by atoms with Crippen LogP contribution in [0.25, 0.3) is 10.1 Å². The second-order valence-electron chi connectivity index (χ2n) is 2.93. The molecular formula is C10H5ClO3S. The summed E-state index contributed by atoms with van der Waals surface area (Å²) in [4.78, 5) is 21.9. The van der Waals surface area contributed by atoms with Crippen LogP contribution in [0.2, 0.25) is 5.02 Å². The molecule has 15 heavy (non-hydrogen) atoms. The monoisotopic (exact) mass is 240 g/mol. The first-order valence-corrected chi connectivity index (χ1v) is 5.24.